The Morgan fingerprint density at radius 1 is 0.762 bits per heavy atom. The fourth-order valence-electron chi connectivity index (χ4n) is 9.71. The molecule has 1 fully saturated rings. The summed E-state index contributed by atoms with van der Waals surface area (Å²) in [5.41, 5.74) is 12.8. The van der Waals surface area contributed by atoms with Gasteiger partial charge in [-0.25, -0.2) is 4.98 Å². The van der Waals surface area contributed by atoms with Gasteiger partial charge in [0.2, 0.25) is 5.71 Å². The van der Waals surface area contributed by atoms with Crippen LogP contribution in [-0.2, 0) is 26.5 Å². The van der Waals surface area contributed by atoms with Crippen molar-refractivity contribution in [2.45, 2.75) is 102 Å². The maximum absolute atomic E-state index is 6.44. The topological polar surface area (TPSA) is 56.7 Å². The van der Waals surface area contributed by atoms with Crippen molar-refractivity contribution in [2.75, 3.05) is 0 Å². The third-order valence-corrected chi connectivity index (χ3v) is 17.1. The van der Waals surface area contributed by atoms with Crippen molar-refractivity contribution in [3.05, 3.63) is 150 Å². The Labute approximate surface area is 389 Å². The molecule has 323 valence electrons. The van der Waals surface area contributed by atoms with Gasteiger partial charge in [-0.3, -0.25) is 4.98 Å². The van der Waals surface area contributed by atoms with E-state index in [1.165, 1.54) is 66.1 Å². The first-order valence-corrected chi connectivity index (χ1v) is 30.0. The number of nitrogens with zero attached hydrogens (tertiary/aromatic N) is 4. The zero-order valence-electron chi connectivity index (χ0n) is 38.0. The molecule has 0 atom stereocenters. The average Bonchev–Trinajstić information content (AvgIpc) is 3.84. The van der Waals surface area contributed by atoms with E-state index >= 15 is 0 Å². The van der Waals surface area contributed by atoms with E-state index in [-0.39, 0.29) is 20.1 Å². The Morgan fingerprint density at radius 3 is 2.27 bits per heavy atom. The number of rotatable bonds is 8. The molecule has 0 aliphatic heterocycles. The van der Waals surface area contributed by atoms with E-state index in [1.807, 2.05) is 31.2 Å². The van der Waals surface area contributed by atoms with E-state index in [4.69, 9.17) is 14.4 Å². The van der Waals surface area contributed by atoms with Gasteiger partial charge in [-0.2, -0.15) is 0 Å². The van der Waals surface area contributed by atoms with E-state index in [0.717, 1.165) is 61.6 Å². The maximum Gasteiger partial charge on any atom is 0 e. The summed E-state index contributed by atoms with van der Waals surface area (Å²) >= 11 is -1.89. The Kier molecular flexibility index (Phi) is 13.3. The minimum Gasteiger partial charge on any atom is 0 e. The molecule has 4 heterocycles. The van der Waals surface area contributed by atoms with Crippen molar-refractivity contribution in [3.8, 4) is 28.3 Å². The summed E-state index contributed by atoms with van der Waals surface area (Å²) < 4.78 is 10.4. The van der Waals surface area contributed by atoms with Gasteiger partial charge in [-0.15, -0.1) is 18.2 Å². The number of benzene rings is 5. The fourth-order valence-corrected chi connectivity index (χ4v) is 13.0. The molecule has 9 aromatic rings. The van der Waals surface area contributed by atoms with Crippen LogP contribution in [0.4, 0.5) is 0 Å². The van der Waals surface area contributed by atoms with Crippen LogP contribution in [0.2, 0.25) is 17.3 Å². The average molecular weight is 1070 g/mol. The number of hydrogen-bond donors (Lipinski definition) is 0. The molecule has 1 aliphatic carbocycles. The van der Waals surface area contributed by atoms with Gasteiger partial charge in [0.05, 0.1) is 22.4 Å². The summed E-state index contributed by atoms with van der Waals surface area (Å²) in [5.74, 6) is 9.77. The van der Waals surface area contributed by atoms with Crippen molar-refractivity contribution >= 4 is 61.5 Å². The molecule has 5 nitrogen and oxygen atoms in total. The SMILES string of the molecule is Cc1ccc2c(n1)oc1c(-c3nc4ccccc4n3-c3c(C(C)C)cc4ccccc4c3C(C)C)[c-]ccc12.[CH3][Ge]([CH3])([CH3])[c]1cnc(-c2[c-]cccc2)cc1CC1CCCCC1.[Ir]. The van der Waals surface area contributed by atoms with E-state index in [2.05, 4.69) is 158 Å². The second-order valence-electron chi connectivity index (χ2n) is 19.0. The van der Waals surface area contributed by atoms with Crippen LogP contribution in [-0.4, -0.2) is 32.8 Å². The predicted octanol–water partition coefficient (Wildman–Crippen LogP) is 14.7. The first kappa shape index (κ1) is 44.7. The molecule has 0 saturated heterocycles. The minimum atomic E-state index is -1.89. The maximum atomic E-state index is 6.44. The molecule has 7 heteroatoms. The monoisotopic (exact) mass is 1070 g/mol. The van der Waals surface area contributed by atoms with Gasteiger partial charge in [0.1, 0.15) is 0 Å². The van der Waals surface area contributed by atoms with Crippen LogP contribution in [0.15, 0.2) is 120 Å². The van der Waals surface area contributed by atoms with Crippen LogP contribution >= 0.6 is 0 Å². The molecule has 4 aromatic heterocycles. The van der Waals surface area contributed by atoms with Gasteiger partial charge in [0, 0.05) is 36.9 Å². The molecule has 10 rings (SSSR count). The Bertz CT molecular complexity index is 3040. The summed E-state index contributed by atoms with van der Waals surface area (Å²) in [6.45, 7) is 11.1. The third kappa shape index (κ3) is 8.97. The number of aromatic nitrogens is 4. The van der Waals surface area contributed by atoms with Crippen LogP contribution in [0.1, 0.15) is 94.0 Å². The first-order chi connectivity index (χ1) is 30.0. The van der Waals surface area contributed by atoms with Crippen LogP contribution in [0.25, 0.3) is 72.2 Å². The second kappa shape index (κ2) is 18.7. The molecule has 63 heavy (non-hydrogen) atoms. The summed E-state index contributed by atoms with van der Waals surface area (Å²) in [4.78, 5) is 14.7. The van der Waals surface area contributed by atoms with E-state index in [0.29, 0.717) is 17.5 Å². The number of fused-ring (bicyclic) bond motifs is 5. The molecule has 0 bridgehead atoms. The molecule has 0 N–H and O–H groups in total. The smallest absolute Gasteiger partial charge is 0 e. The first-order valence-electron chi connectivity index (χ1n) is 22.7. The van der Waals surface area contributed by atoms with E-state index < -0.39 is 13.3 Å². The largest absolute Gasteiger partial charge is 0 e. The van der Waals surface area contributed by atoms with Gasteiger partial charge in [0.25, 0.3) is 0 Å². The van der Waals surface area contributed by atoms with Crippen molar-refractivity contribution in [1.82, 2.24) is 19.5 Å². The molecule has 5 aromatic carbocycles. The molecule has 1 radical (unpaired) electrons. The zero-order chi connectivity index (χ0) is 43.1. The van der Waals surface area contributed by atoms with Crippen LogP contribution in [0, 0.1) is 25.0 Å². The number of para-hydroxylation sites is 2. The number of pyridine rings is 2. The fraction of sp³-hybridized carbons (Fsp3) is 0.304. The van der Waals surface area contributed by atoms with Gasteiger partial charge < -0.3 is 8.98 Å². The number of hydrogen-bond acceptors (Lipinski definition) is 4. The Balaban J connectivity index is 0.000000194. The standard InChI is InChI=1S/C35H30N3O.C21H28GeN.Ir/c1-20(2)28-19-23-11-6-7-12-24(23)31(21(3)4)32(28)38-30-16-9-8-15-29(30)37-34(38)27-14-10-13-25-26-18-17-22(5)36-35(26)39-33(25)27;1-22(2,3)20-16-23-21(18-12-8-5-9-13-18)15-19(20)14-17-10-6-4-7-11-17;/h6-13,15-21H,1-5H3;5,8-9,12,15-17H,4,6-7,10-11,14H2,1-3H3;/q2*-1;. The van der Waals surface area contributed by atoms with Gasteiger partial charge in [-0.05, 0) is 71.0 Å². The summed E-state index contributed by atoms with van der Waals surface area (Å²) in [7, 11) is 0. The van der Waals surface area contributed by atoms with Crippen LogP contribution in [0.3, 0.4) is 0 Å². The van der Waals surface area contributed by atoms with E-state index in [9.17, 15) is 0 Å². The number of furan rings is 1. The summed E-state index contributed by atoms with van der Waals surface area (Å²) in [6.07, 6.45) is 10.5. The normalized spacial score (nSPS) is 13.6. The zero-order valence-corrected chi connectivity index (χ0v) is 42.5. The molecule has 1 saturated carbocycles. The quantitative estimate of drug-likeness (QED) is 0.112. The predicted molar refractivity (Wildman–Crippen MR) is 263 cm³/mol. The van der Waals surface area contributed by atoms with Crippen molar-refractivity contribution in [2.24, 2.45) is 5.92 Å². The van der Waals surface area contributed by atoms with Gasteiger partial charge in [0.15, 0.2) is 0 Å². The molecule has 0 amide bonds. The third-order valence-electron chi connectivity index (χ3n) is 12.8. The van der Waals surface area contributed by atoms with Crippen LogP contribution < -0.4 is 4.40 Å². The molecular weight excluding hydrogens is 1010 g/mol. The van der Waals surface area contributed by atoms with Crippen molar-refractivity contribution in [1.29, 1.82) is 0 Å². The number of imidazole rings is 1. The minimum absolute atomic E-state index is 0. The van der Waals surface area contributed by atoms with Crippen LogP contribution in [0.5, 0.6) is 0 Å². The van der Waals surface area contributed by atoms with Gasteiger partial charge >= 0.3 is 144 Å². The van der Waals surface area contributed by atoms with Crippen molar-refractivity contribution < 1.29 is 24.5 Å². The van der Waals surface area contributed by atoms with Crippen molar-refractivity contribution in [3.63, 3.8) is 0 Å². The summed E-state index contributed by atoms with van der Waals surface area (Å²) in [5, 5.41) is 4.58. The molecule has 0 spiro atoms. The molecular formula is C56H58GeIrN4O-2. The molecule has 0 unspecified atom stereocenters. The Morgan fingerprint density at radius 2 is 1.52 bits per heavy atom. The van der Waals surface area contributed by atoms with Gasteiger partial charge in [-0.1, -0.05) is 75.0 Å². The number of aryl methyl sites for hydroxylation is 1. The molecule has 1 aliphatic rings. The summed E-state index contributed by atoms with van der Waals surface area (Å²) in [6, 6.07) is 45.0. The van der Waals surface area contributed by atoms with E-state index in [1.54, 1.807) is 9.96 Å². The Hall–Kier alpha value is -4.88. The second-order valence-corrected chi connectivity index (χ2v) is 29.6.